The predicted molar refractivity (Wildman–Crippen MR) is 56.7 cm³/mol. The second-order valence-corrected chi connectivity index (χ2v) is 3.46. The van der Waals surface area contributed by atoms with Gasteiger partial charge in [0.05, 0.1) is 0 Å². The SMILES string of the molecule is CCCC(C)C1=CC=C(N)C=CN1. The molecule has 1 aliphatic heterocycles. The lowest BCUT2D eigenvalue weighted by molar-refractivity contribution is 0.577. The van der Waals surface area contributed by atoms with Crippen molar-refractivity contribution in [1.82, 2.24) is 5.32 Å². The minimum atomic E-state index is 0.580. The molecule has 1 atom stereocenters. The Morgan fingerprint density at radius 3 is 2.92 bits per heavy atom. The van der Waals surface area contributed by atoms with Crippen molar-refractivity contribution < 1.29 is 0 Å². The van der Waals surface area contributed by atoms with E-state index >= 15 is 0 Å². The maximum Gasteiger partial charge on any atom is 0.0329 e. The van der Waals surface area contributed by atoms with Gasteiger partial charge in [-0.15, -0.1) is 0 Å². The molecular formula is C11H18N2. The highest BCUT2D eigenvalue weighted by molar-refractivity contribution is 5.27. The van der Waals surface area contributed by atoms with Crippen LogP contribution in [0.15, 0.2) is 35.8 Å². The average Bonchev–Trinajstić information content (AvgIpc) is 2.30. The molecule has 0 aromatic rings. The standard InChI is InChI=1S/C11H18N2/c1-3-4-9(2)11-6-5-10(12)7-8-13-11/h5-9,13H,3-4,12H2,1-2H3. The monoisotopic (exact) mass is 178 g/mol. The number of allylic oxidation sites excluding steroid dienone is 4. The van der Waals surface area contributed by atoms with Crippen LogP contribution in [0.4, 0.5) is 0 Å². The van der Waals surface area contributed by atoms with Gasteiger partial charge in [0.2, 0.25) is 0 Å². The van der Waals surface area contributed by atoms with Crippen LogP contribution in [0.3, 0.4) is 0 Å². The molecule has 3 N–H and O–H groups in total. The van der Waals surface area contributed by atoms with Crippen molar-refractivity contribution in [3.63, 3.8) is 0 Å². The van der Waals surface area contributed by atoms with Crippen LogP contribution in [-0.4, -0.2) is 0 Å². The first-order valence-corrected chi connectivity index (χ1v) is 4.84. The summed E-state index contributed by atoms with van der Waals surface area (Å²) in [6.07, 6.45) is 10.2. The number of rotatable bonds is 3. The highest BCUT2D eigenvalue weighted by atomic mass is 14.9. The van der Waals surface area contributed by atoms with Gasteiger partial charge in [0.1, 0.15) is 0 Å². The lowest BCUT2D eigenvalue weighted by Crippen LogP contribution is -2.12. The van der Waals surface area contributed by atoms with Crippen LogP contribution >= 0.6 is 0 Å². The van der Waals surface area contributed by atoms with Gasteiger partial charge in [0.15, 0.2) is 0 Å². The average molecular weight is 178 g/mol. The van der Waals surface area contributed by atoms with Crippen LogP contribution in [0, 0.1) is 5.92 Å². The number of nitrogens with two attached hydrogens (primary N) is 1. The largest absolute Gasteiger partial charge is 0.399 e. The molecule has 1 aliphatic rings. The van der Waals surface area contributed by atoms with E-state index in [1.54, 1.807) is 0 Å². The molecule has 1 unspecified atom stereocenters. The summed E-state index contributed by atoms with van der Waals surface area (Å²) in [5.41, 5.74) is 7.71. The Morgan fingerprint density at radius 2 is 2.23 bits per heavy atom. The molecule has 72 valence electrons. The van der Waals surface area contributed by atoms with E-state index in [9.17, 15) is 0 Å². The fraction of sp³-hybridized carbons (Fsp3) is 0.455. The molecule has 0 aromatic carbocycles. The number of hydrogen-bond acceptors (Lipinski definition) is 2. The summed E-state index contributed by atoms with van der Waals surface area (Å²) in [5, 5.41) is 3.25. The maximum absolute atomic E-state index is 5.66. The molecule has 1 rings (SSSR count). The van der Waals surface area contributed by atoms with E-state index < -0.39 is 0 Å². The molecule has 0 bridgehead atoms. The second-order valence-electron chi connectivity index (χ2n) is 3.46. The molecule has 0 saturated carbocycles. The summed E-state index contributed by atoms with van der Waals surface area (Å²) >= 11 is 0. The third-order valence-electron chi connectivity index (χ3n) is 2.23. The van der Waals surface area contributed by atoms with Gasteiger partial charge in [-0.05, 0) is 30.6 Å². The Bertz CT molecular complexity index is 249. The molecule has 2 nitrogen and oxygen atoms in total. The van der Waals surface area contributed by atoms with Crippen molar-refractivity contribution in [2.45, 2.75) is 26.7 Å². The minimum Gasteiger partial charge on any atom is -0.399 e. The predicted octanol–water partition coefficient (Wildman–Crippen LogP) is 2.27. The van der Waals surface area contributed by atoms with Gasteiger partial charge in [-0.25, -0.2) is 0 Å². The molecule has 1 heterocycles. The summed E-state index contributed by atoms with van der Waals surface area (Å²) < 4.78 is 0. The summed E-state index contributed by atoms with van der Waals surface area (Å²) in [6.45, 7) is 4.43. The van der Waals surface area contributed by atoms with Crippen LogP contribution in [0.2, 0.25) is 0 Å². The molecule has 0 aliphatic carbocycles. The third kappa shape index (κ3) is 2.98. The second kappa shape index (κ2) is 4.75. The van der Waals surface area contributed by atoms with Gasteiger partial charge in [0.25, 0.3) is 0 Å². The van der Waals surface area contributed by atoms with E-state index in [4.69, 9.17) is 5.73 Å². The van der Waals surface area contributed by atoms with Crippen molar-refractivity contribution in [3.8, 4) is 0 Å². The Hall–Kier alpha value is -1.18. The van der Waals surface area contributed by atoms with Gasteiger partial charge >= 0.3 is 0 Å². The van der Waals surface area contributed by atoms with E-state index in [1.807, 2.05) is 18.4 Å². The Labute approximate surface area is 80.2 Å². The zero-order valence-corrected chi connectivity index (χ0v) is 8.38. The first kappa shape index (κ1) is 9.90. The quantitative estimate of drug-likeness (QED) is 0.695. The summed E-state index contributed by atoms with van der Waals surface area (Å²) in [7, 11) is 0. The maximum atomic E-state index is 5.66. The smallest absolute Gasteiger partial charge is 0.0329 e. The normalized spacial score (nSPS) is 18.3. The van der Waals surface area contributed by atoms with Crippen LogP contribution < -0.4 is 11.1 Å². The van der Waals surface area contributed by atoms with Crippen LogP contribution in [-0.2, 0) is 0 Å². The highest BCUT2D eigenvalue weighted by Crippen LogP contribution is 2.15. The molecule has 0 spiro atoms. The highest BCUT2D eigenvalue weighted by Gasteiger charge is 2.06. The zero-order chi connectivity index (χ0) is 9.68. The first-order chi connectivity index (χ1) is 6.24. The van der Waals surface area contributed by atoms with Crippen LogP contribution in [0.25, 0.3) is 0 Å². The van der Waals surface area contributed by atoms with Gasteiger partial charge in [-0.2, -0.15) is 0 Å². The van der Waals surface area contributed by atoms with Gasteiger partial charge in [0, 0.05) is 17.6 Å². The number of hydrogen-bond donors (Lipinski definition) is 2. The van der Waals surface area contributed by atoms with Gasteiger partial charge in [-0.3, -0.25) is 0 Å². The van der Waals surface area contributed by atoms with Crippen molar-refractivity contribution in [3.05, 3.63) is 35.8 Å². The molecule has 0 saturated heterocycles. The van der Waals surface area contributed by atoms with Gasteiger partial charge in [-0.1, -0.05) is 20.3 Å². The van der Waals surface area contributed by atoms with Crippen molar-refractivity contribution in [2.75, 3.05) is 0 Å². The third-order valence-corrected chi connectivity index (χ3v) is 2.23. The minimum absolute atomic E-state index is 0.580. The van der Waals surface area contributed by atoms with E-state index in [2.05, 4.69) is 25.2 Å². The van der Waals surface area contributed by atoms with E-state index in [0.29, 0.717) is 5.92 Å². The van der Waals surface area contributed by atoms with E-state index in [0.717, 1.165) is 5.70 Å². The fourth-order valence-corrected chi connectivity index (χ4v) is 1.42. The van der Waals surface area contributed by atoms with Crippen molar-refractivity contribution >= 4 is 0 Å². The lowest BCUT2D eigenvalue weighted by Gasteiger charge is -2.13. The van der Waals surface area contributed by atoms with E-state index in [-0.39, 0.29) is 0 Å². The first-order valence-electron chi connectivity index (χ1n) is 4.84. The lowest BCUT2D eigenvalue weighted by atomic mass is 10.0. The van der Waals surface area contributed by atoms with Crippen molar-refractivity contribution in [1.29, 1.82) is 0 Å². The molecule has 13 heavy (non-hydrogen) atoms. The molecule has 0 amide bonds. The number of nitrogens with one attached hydrogen (secondary N) is 1. The summed E-state index contributed by atoms with van der Waals surface area (Å²) in [6, 6.07) is 0. The Balaban J connectivity index is 2.65. The van der Waals surface area contributed by atoms with Crippen LogP contribution in [0.5, 0.6) is 0 Å². The molecule has 0 fully saturated rings. The van der Waals surface area contributed by atoms with Crippen molar-refractivity contribution in [2.24, 2.45) is 11.7 Å². The van der Waals surface area contributed by atoms with Gasteiger partial charge < -0.3 is 11.1 Å². The molecular weight excluding hydrogens is 160 g/mol. The zero-order valence-electron chi connectivity index (χ0n) is 8.38. The van der Waals surface area contributed by atoms with E-state index in [1.165, 1.54) is 18.5 Å². The summed E-state index contributed by atoms with van der Waals surface area (Å²) in [4.78, 5) is 0. The Kier molecular flexibility index (Phi) is 3.62. The Morgan fingerprint density at radius 1 is 1.46 bits per heavy atom. The fourth-order valence-electron chi connectivity index (χ4n) is 1.42. The molecule has 0 radical (unpaired) electrons. The molecule has 0 aromatic heterocycles. The topological polar surface area (TPSA) is 38.0 Å². The summed E-state index contributed by atoms with van der Waals surface area (Å²) in [5.74, 6) is 0.580. The van der Waals surface area contributed by atoms with Crippen LogP contribution in [0.1, 0.15) is 26.7 Å². The molecule has 2 heteroatoms.